The van der Waals surface area contributed by atoms with Gasteiger partial charge in [-0.2, -0.15) is 0 Å². The molecule has 0 spiro atoms. The van der Waals surface area contributed by atoms with Gasteiger partial charge in [-0.1, -0.05) is 32.8 Å². The van der Waals surface area contributed by atoms with Crippen LogP contribution in [0.15, 0.2) is 12.1 Å². The Labute approximate surface area is 87.6 Å². The fourth-order valence-electron chi connectivity index (χ4n) is 1.67. The molecule has 0 aromatic carbocycles. The lowest BCUT2D eigenvalue weighted by molar-refractivity contribution is 0.780. The van der Waals surface area contributed by atoms with E-state index in [1.54, 1.807) is 0 Å². The minimum Gasteiger partial charge on any atom is -0.258 e. The van der Waals surface area contributed by atoms with Gasteiger partial charge >= 0.3 is 0 Å². The highest BCUT2D eigenvalue weighted by Gasteiger charge is 2.00. The van der Waals surface area contributed by atoms with Crippen LogP contribution in [0.1, 0.15) is 50.1 Å². The Morgan fingerprint density at radius 2 is 1.86 bits per heavy atom. The molecule has 0 atom stereocenters. The molecule has 0 aliphatic carbocycles. The molecule has 0 bridgehead atoms. The minimum atomic E-state index is 1.11. The monoisotopic (exact) mass is 191 g/mol. The lowest BCUT2D eigenvalue weighted by atomic mass is 10.1. The van der Waals surface area contributed by atoms with Crippen molar-refractivity contribution in [1.82, 2.24) is 4.98 Å². The van der Waals surface area contributed by atoms with Gasteiger partial charge in [0.25, 0.3) is 0 Å². The topological polar surface area (TPSA) is 12.9 Å². The zero-order valence-corrected chi connectivity index (χ0v) is 9.64. The zero-order chi connectivity index (χ0) is 10.4. The second kappa shape index (κ2) is 5.79. The maximum Gasteiger partial charge on any atom is 0.0407 e. The van der Waals surface area contributed by atoms with Gasteiger partial charge in [0.15, 0.2) is 0 Å². The maximum atomic E-state index is 4.62. The lowest BCUT2D eigenvalue weighted by Gasteiger charge is -2.06. The summed E-state index contributed by atoms with van der Waals surface area (Å²) in [6.07, 6.45) is 6.00. The number of unbranched alkanes of at least 4 members (excludes halogenated alkanes) is 1. The molecule has 1 nitrogen and oxygen atoms in total. The van der Waals surface area contributed by atoms with Crippen molar-refractivity contribution in [3.63, 3.8) is 0 Å². The molecule has 0 aliphatic heterocycles. The number of hydrogen-bond donors (Lipinski definition) is 0. The van der Waals surface area contributed by atoms with Crippen molar-refractivity contribution < 1.29 is 0 Å². The number of hydrogen-bond acceptors (Lipinski definition) is 1. The van der Waals surface area contributed by atoms with E-state index in [9.17, 15) is 0 Å². The third kappa shape index (κ3) is 3.13. The third-order valence-corrected chi connectivity index (χ3v) is 2.56. The molecule has 78 valence electrons. The summed E-state index contributed by atoms with van der Waals surface area (Å²) in [5, 5.41) is 0. The Bertz CT molecular complexity index is 279. The summed E-state index contributed by atoms with van der Waals surface area (Å²) in [5.74, 6) is 0. The molecule has 1 heterocycles. The van der Waals surface area contributed by atoms with E-state index in [2.05, 4.69) is 37.9 Å². The predicted octanol–water partition coefficient (Wildman–Crippen LogP) is 3.69. The van der Waals surface area contributed by atoms with E-state index in [0.717, 1.165) is 6.42 Å². The molecule has 0 fully saturated rings. The first kappa shape index (κ1) is 11.2. The van der Waals surface area contributed by atoms with Crippen molar-refractivity contribution in [3.05, 3.63) is 29.1 Å². The van der Waals surface area contributed by atoms with Crippen LogP contribution in [0.2, 0.25) is 0 Å². The van der Waals surface area contributed by atoms with E-state index in [-0.39, 0.29) is 0 Å². The van der Waals surface area contributed by atoms with Gasteiger partial charge in [0, 0.05) is 11.4 Å². The fraction of sp³-hybridized carbons (Fsp3) is 0.615. The first-order chi connectivity index (χ1) is 6.77. The van der Waals surface area contributed by atoms with Crippen molar-refractivity contribution in [3.8, 4) is 0 Å². The van der Waals surface area contributed by atoms with Crippen molar-refractivity contribution in [2.45, 2.75) is 52.9 Å². The standard InChI is InChI=1S/C13H21N/c1-4-6-8-12-9-10-13(7-5-2)14-11(12)3/h9-10H,4-8H2,1-3H3. The van der Waals surface area contributed by atoms with Gasteiger partial charge in [-0.05, 0) is 37.8 Å². The average molecular weight is 191 g/mol. The summed E-state index contributed by atoms with van der Waals surface area (Å²) in [5.41, 5.74) is 3.89. The molecule has 0 unspecified atom stereocenters. The molecule has 0 amide bonds. The number of aromatic nitrogens is 1. The van der Waals surface area contributed by atoms with Crippen LogP contribution in [0.5, 0.6) is 0 Å². The first-order valence-corrected chi connectivity index (χ1v) is 5.73. The Hall–Kier alpha value is -0.850. The highest BCUT2D eigenvalue weighted by molar-refractivity contribution is 5.22. The normalized spacial score (nSPS) is 10.5. The molecule has 1 aromatic heterocycles. The highest BCUT2D eigenvalue weighted by atomic mass is 14.7. The van der Waals surface area contributed by atoms with E-state index in [1.807, 2.05) is 0 Å². The van der Waals surface area contributed by atoms with Gasteiger partial charge in [0.05, 0.1) is 0 Å². The van der Waals surface area contributed by atoms with Crippen LogP contribution >= 0.6 is 0 Å². The van der Waals surface area contributed by atoms with Crippen molar-refractivity contribution in [2.75, 3.05) is 0 Å². The average Bonchev–Trinajstić information content (AvgIpc) is 2.17. The second-order valence-corrected chi connectivity index (χ2v) is 3.90. The van der Waals surface area contributed by atoms with Gasteiger partial charge in [-0.3, -0.25) is 4.98 Å². The SMILES string of the molecule is CCCCc1ccc(CCC)nc1C. The van der Waals surface area contributed by atoms with Crippen LogP contribution in [0, 0.1) is 6.92 Å². The van der Waals surface area contributed by atoms with Gasteiger partial charge < -0.3 is 0 Å². The molecule has 1 aromatic rings. The van der Waals surface area contributed by atoms with Gasteiger partial charge in [-0.15, -0.1) is 0 Å². The van der Waals surface area contributed by atoms with E-state index in [1.165, 1.54) is 42.6 Å². The summed E-state index contributed by atoms with van der Waals surface area (Å²) in [6.45, 7) is 6.56. The maximum absolute atomic E-state index is 4.62. The summed E-state index contributed by atoms with van der Waals surface area (Å²) in [7, 11) is 0. The van der Waals surface area contributed by atoms with Gasteiger partial charge in [0.2, 0.25) is 0 Å². The van der Waals surface area contributed by atoms with Crippen molar-refractivity contribution in [2.24, 2.45) is 0 Å². The van der Waals surface area contributed by atoms with Crippen LogP contribution in [0.3, 0.4) is 0 Å². The predicted molar refractivity (Wildman–Crippen MR) is 61.6 cm³/mol. The molecule has 0 saturated heterocycles. The Morgan fingerprint density at radius 1 is 1.07 bits per heavy atom. The lowest BCUT2D eigenvalue weighted by Crippen LogP contribution is -1.97. The number of pyridine rings is 1. The van der Waals surface area contributed by atoms with Crippen LogP contribution in [-0.4, -0.2) is 4.98 Å². The second-order valence-electron chi connectivity index (χ2n) is 3.90. The molecular formula is C13H21N. The molecule has 0 N–H and O–H groups in total. The molecule has 14 heavy (non-hydrogen) atoms. The molecule has 0 radical (unpaired) electrons. The van der Waals surface area contributed by atoms with Crippen LogP contribution < -0.4 is 0 Å². The number of rotatable bonds is 5. The van der Waals surface area contributed by atoms with E-state index >= 15 is 0 Å². The molecule has 1 rings (SSSR count). The van der Waals surface area contributed by atoms with Crippen LogP contribution in [-0.2, 0) is 12.8 Å². The Balaban J connectivity index is 2.68. The van der Waals surface area contributed by atoms with Gasteiger partial charge in [0.1, 0.15) is 0 Å². The third-order valence-electron chi connectivity index (χ3n) is 2.56. The van der Waals surface area contributed by atoms with Crippen LogP contribution in [0.4, 0.5) is 0 Å². The van der Waals surface area contributed by atoms with E-state index in [0.29, 0.717) is 0 Å². The van der Waals surface area contributed by atoms with Gasteiger partial charge in [-0.25, -0.2) is 0 Å². The largest absolute Gasteiger partial charge is 0.258 e. The summed E-state index contributed by atoms with van der Waals surface area (Å²) >= 11 is 0. The fourth-order valence-corrected chi connectivity index (χ4v) is 1.67. The smallest absolute Gasteiger partial charge is 0.0407 e. The van der Waals surface area contributed by atoms with E-state index in [4.69, 9.17) is 0 Å². The van der Waals surface area contributed by atoms with Crippen molar-refractivity contribution in [1.29, 1.82) is 0 Å². The van der Waals surface area contributed by atoms with E-state index < -0.39 is 0 Å². The number of nitrogens with zero attached hydrogens (tertiary/aromatic N) is 1. The molecule has 1 heteroatoms. The quantitative estimate of drug-likeness (QED) is 0.691. The minimum absolute atomic E-state index is 1.11. The Morgan fingerprint density at radius 3 is 2.43 bits per heavy atom. The first-order valence-electron chi connectivity index (χ1n) is 5.73. The molecular weight excluding hydrogens is 170 g/mol. The summed E-state index contributed by atoms with van der Waals surface area (Å²) in [6, 6.07) is 4.43. The molecule has 0 saturated carbocycles. The summed E-state index contributed by atoms with van der Waals surface area (Å²) < 4.78 is 0. The summed E-state index contributed by atoms with van der Waals surface area (Å²) in [4.78, 5) is 4.62. The molecule has 0 aliphatic rings. The zero-order valence-electron chi connectivity index (χ0n) is 9.64. The Kier molecular flexibility index (Phi) is 4.64. The van der Waals surface area contributed by atoms with Crippen LogP contribution in [0.25, 0.3) is 0 Å². The van der Waals surface area contributed by atoms with Crippen molar-refractivity contribution >= 4 is 0 Å². The highest BCUT2D eigenvalue weighted by Crippen LogP contribution is 2.11. The number of aryl methyl sites for hydroxylation is 3.